The number of rotatable bonds is 6. The summed E-state index contributed by atoms with van der Waals surface area (Å²) in [5.74, 6) is -0.768. The van der Waals surface area contributed by atoms with Crippen molar-refractivity contribution in [2.45, 2.75) is 20.4 Å². The first-order valence-electron chi connectivity index (χ1n) is 5.90. The van der Waals surface area contributed by atoms with E-state index in [4.69, 9.17) is 5.73 Å². The third-order valence-electron chi connectivity index (χ3n) is 2.79. The highest BCUT2D eigenvalue weighted by molar-refractivity contribution is 5.88. The standard InChI is InChI=1S/C13H19N3O3/c1-13(2,12(14)18)8-15-7-10-5-4-9(6-16-10)11(17)19-3/h4-6,15H,7-8H2,1-3H3,(H2,14,18). The van der Waals surface area contributed by atoms with Gasteiger partial charge in [-0.3, -0.25) is 9.78 Å². The van der Waals surface area contributed by atoms with E-state index in [0.29, 0.717) is 18.7 Å². The Labute approximate surface area is 112 Å². The van der Waals surface area contributed by atoms with E-state index in [2.05, 4.69) is 15.0 Å². The number of primary amides is 1. The van der Waals surface area contributed by atoms with Crippen LogP contribution in [-0.4, -0.2) is 30.5 Å². The summed E-state index contributed by atoms with van der Waals surface area (Å²) in [7, 11) is 1.32. The van der Waals surface area contributed by atoms with Crippen LogP contribution in [0.1, 0.15) is 29.9 Å². The van der Waals surface area contributed by atoms with E-state index in [1.165, 1.54) is 13.3 Å². The third kappa shape index (κ3) is 4.33. The molecule has 1 aromatic heterocycles. The molecule has 0 aliphatic carbocycles. The van der Waals surface area contributed by atoms with Gasteiger partial charge < -0.3 is 15.8 Å². The fourth-order valence-corrected chi connectivity index (χ4v) is 1.36. The fourth-order valence-electron chi connectivity index (χ4n) is 1.36. The minimum atomic E-state index is -0.605. The van der Waals surface area contributed by atoms with Crippen molar-refractivity contribution in [1.29, 1.82) is 0 Å². The summed E-state index contributed by atoms with van der Waals surface area (Å²) in [6, 6.07) is 3.38. The summed E-state index contributed by atoms with van der Waals surface area (Å²) in [5, 5.41) is 3.11. The van der Waals surface area contributed by atoms with Gasteiger partial charge in [0.2, 0.25) is 5.91 Å². The molecule has 19 heavy (non-hydrogen) atoms. The first-order valence-corrected chi connectivity index (χ1v) is 5.90. The number of amides is 1. The molecule has 0 saturated carbocycles. The van der Waals surface area contributed by atoms with Crippen LogP contribution in [0, 0.1) is 5.41 Å². The predicted octanol–water partition coefficient (Wildman–Crippen LogP) is 0.469. The largest absolute Gasteiger partial charge is 0.465 e. The predicted molar refractivity (Wildman–Crippen MR) is 70.3 cm³/mol. The number of nitrogens with zero attached hydrogens (tertiary/aromatic N) is 1. The molecule has 0 aliphatic heterocycles. The highest BCUT2D eigenvalue weighted by Crippen LogP contribution is 2.12. The van der Waals surface area contributed by atoms with Crippen molar-refractivity contribution in [2.75, 3.05) is 13.7 Å². The van der Waals surface area contributed by atoms with E-state index in [1.807, 2.05) is 0 Å². The zero-order valence-electron chi connectivity index (χ0n) is 11.4. The Morgan fingerprint density at radius 3 is 2.58 bits per heavy atom. The van der Waals surface area contributed by atoms with Crippen molar-refractivity contribution in [3.63, 3.8) is 0 Å². The van der Waals surface area contributed by atoms with Gasteiger partial charge in [-0.1, -0.05) is 0 Å². The summed E-state index contributed by atoms with van der Waals surface area (Å²) < 4.78 is 4.58. The monoisotopic (exact) mass is 265 g/mol. The smallest absolute Gasteiger partial charge is 0.339 e. The lowest BCUT2D eigenvalue weighted by atomic mass is 9.93. The minimum absolute atomic E-state index is 0.353. The number of methoxy groups -OCH3 is 1. The zero-order chi connectivity index (χ0) is 14.5. The maximum atomic E-state index is 11.2. The van der Waals surface area contributed by atoms with E-state index < -0.39 is 11.4 Å². The Hall–Kier alpha value is -1.95. The molecule has 6 nitrogen and oxygen atoms in total. The molecule has 1 rings (SSSR count). The molecule has 6 heteroatoms. The van der Waals surface area contributed by atoms with Crippen molar-refractivity contribution in [2.24, 2.45) is 11.1 Å². The van der Waals surface area contributed by atoms with Gasteiger partial charge >= 0.3 is 5.97 Å². The third-order valence-corrected chi connectivity index (χ3v) is 2.79. The minimum Gasteiger partial charge on any atom is -0.465 e. The van der Waals surface area contributed by atoms with Crippen LogP contribution >= 0.6 is 0 Å². The lowest BCUT2D eigenvalue weighted by molar-refractivity contribution is -0.125. The maximum Gasteiger partial charge on any atom is 0.339 e. The van der Waals surface area contributed by atoms with E-state index in [1.54, 1.807) is 26.0 Å². The molecule has 104 valence electrons. The Balaban J connectivity index is 2.51. The second-order valence-electron chi connectivity index (χ2n) is 4.88. The van der Waals surface area contributed by atoms with Crippen LogP contribution in [0.2, 0.25) is 0 Å². The SMILES string of the molecule is COC(=O)c1ccc(CNCC(C)(C)C(N)=O)nc1. The van der Waals surface area contributed by atoms with Gasteiger partial charge in [0.15, 0.2) is 0 Å². The molecule has 1 amide bonds. The van der Waals surface area contributed by atoms with Crippen LogP contribution in [0.5, 0.6) is 0 Å². The first kappa shape index (κ1) is 15.1. The quantitative estimate of drug-likeness (QED) is 0.729. The molecule has 0 bridgehead atoms. The number of carbonyl (C=O) groups is 2. The van der Waals surface area contributed by atoms with Crippen LogP contribution in [-0.2, 0) is 16.1 Å². The number of hydrogen-bond donors (Lipinski definition) is 2. The van der Waals surface area contributed by atoms with Gasteiger partial charge in [-0.15, -0.1) is 0 Å². The molecule has 0 saturated heterocycles. The second-order valence-corrected chi connectivity index (χ2v) is 4.88. The lowest BCUT2D eigenvalue weighted by Crippen LogP contribution is -2.40. The van der Waals surface area contributed by atoms with Crippen molar-refractivity contribution in [3.05, 3.63) is 29.6 Å². The van der Waals surface area contributed by atoms with Crippen molar-refractivity contribution < 1.29 is 14.3 Å². The highest BCUT2D eigenvalue weighted by atomic mass is 16.5. The number of carbonyl (C=O) groups excluding carboxylic acids is 2. The van der Waals surface area contributed by atoms with Crippen LogP contribution in [0.3, 0.4) is 0 Å². The Morgan fingerprint density at radius 1 is 1.42 bits per heavy atom. The summed E-state index contributed by atoms with van der Waals surface area (Å²) in [6.45, 7) is 4.51. The van der Waals surface area contributed by atoms with Gasteiger partial charge in [-0.25, -0.2) is 4.79 Å². The van der Waals surface area contributed by atoms with Gasteiger partial charge in [0, 0.05) is 19.3 Å². The fraction of sp³-hybridized carbons (Fsp3) is 0.462. The van der Waals surface area contributed by atoms with E-state index in [-0.39, 0.29) is 5.91 Å². The molecular weight excluding hydrogens is 246 g/mol. The van der Waals surface area contributed by atoms with Crippen molar-refractivity contribution >= 4 is 11.9 Å². The number of aromatic nitrogens is 1. The molecule has 0 aromatic carbocycles. The van der Waals surface area contributed by atoms with Crippen molar-refractivity contribution in [1.82, 2.24) is 10.3 Å². The van der Waals surface area contributed by atoms with Crippen LogP contribution in [0.15, 0.2) is 18.3 Å². The summed E-state index contributed by atoms with van der Waals surface area (Å²) in [4.78, 5) is 26.5. The summed E-state index contributed by atoms with van der Waals surface area (Å²) in [6.07, 6.45) is 1.46. The molecule has 0 spiro atoms. The summed E-state index contributed by atoms with van der Waals surface area (Å²) in [5.41, 5.74) is 5.84. The zero-order valence-corrected chi connectivity index (χ0v) is 11.4. The lowest BCUT2D eigenvalue weighted by Gasteiger charge is -2.20. The van der Waals surface area contributed by atoms with Crippen LogP contribution in [0.25, 0.3) is 0 Å². The molecule has 0 aliphatic rings. The van der Waals surface area contributed by atoms with E-state index in [0.717, 1.165) is 5.69 Å². The summed E-state index contributed by atoms with van der Waals surface area (Å²) >= 11 is 0. The number of nitrogens with one attached hydrogen (secondary N) is 1. The number of pyridine rings is 1. The molecule has 3 N–H and O–H groups in total. The molecular formula is C13H19N3O3. The molecule has 1 aromatic rings. The molecule has 0 fully saturated rings. The van der Waals surface area contributed by atoms with E-state index in [9.17, 15) is 9.59 Å². The van der Waals surface area contributed by atoms with Gasteiger partial charge in [0.25, 0.3) is 0 Å². The topological polar surface area (TPSA) is 94.3 Å². The molecule has 0 atom stereocenters. The molecule has 0 unspecified atom stereocenters. The van der Waals surface area contributed by atoms with E-state index >= 15 is 0 Å². The number of ether oxygens (including phenoxy) is 1. The van der Waals surface area contributed by atoms with Gasteiger partial charge in [-0.05, 0) is 26.0 Å². The maximum absolute atomic E-state index is 11.2. The molecule has 0 radical (unpaired) electrons. The number of esters is 1. The van der Waals surface area contributed by atoms with Gasteiger partial charge in [0.1, 0.15) is 0 Å². The number of hydrogen-bond acceptors (Lipinski definition) is 5. The number of nitrogens with two attached hydrogens (primary N) is 1. The van der Waals surface area contributed by atoms with Crippen LogP contribution in [0.4, 0.5) is 0 Å². The second kappa shape index (κ2) is 6.29. The Kier molecular flexibility index (Phi) is 5.00. The Bertz CT molecular complexity index is 455. The van der Waals surface area contributed by atoms with Gasteiger partial charge in [-0.2, -0.15) is 0 Å². The first-order chi connectivity index (χ1) is 8.86. The molecule has 1 heterocycles. The Morgan fingerprint density at radius 2 is 2.11 bits per heavy atom. The van der Waals surface area contributed by atoms with Gasteiger partial charge in [0.05, 0.1) is 23.8 Å². The highest BCUT2D eigenvalue weighted by Gasteiger charge is 2.24. The normalized spacial score (nSPS) is 11.1. The average molecular weight is 265 g/mol. The van der Waals surface area contributed by atoms with Crippen molar-refractivity contribution in [3.8, 4) is 0 Å². The van der Waals surface area contributed by atoms with Crippen LogP contribution < -0.4 is 11.1 Å². The average Bonchev–Trinajstić information content (AvgIpc) is 2.38.